The number of carbonyl (C=O) groups is 2. The molecule has 3 fully saturated rings. The van der Waals surface area contributed by atoms with Crippen molar-refractivity contribution < 1.29 is 14.3 Å². The fourth-order valence-electron chi connectivity index (χ4n) is 3.89. The normalized spacial score (nSPS) is 27.5. The predicted molar refractivity (Wildman–Crippen MR) is 86.9 cm³/mol. The Morgan fingerprint density at radius 3 is 2.57 bits per heavy atom. The molecule has 3 rings (SSSR count). The Morgan fingerprint density at radius 2 is 1.91 bits per heavy atom. The minimum atomic E-state index is -0.169. The van der Waals surface area contributed by atoms with Gasteiger partial charge in [-0.1, -0.05) is 6.08 Å². The summed E-state index contributed by atoms with van der Waals surface area (Å²) in [5.74, 6) is 0.0534. The predicted octanol–water partition coefficient (Wildman–Crippen LogP) is 0.344. The highest BCUT2D eigenvalue weighted by molar-refractivity contribution is 5.89. The number of amides is 2. The molecule has 0 radical (unpaired) electrons. The van der Waals surface area contributed by atoms with Crippen molar-refractivity contribution >= 4 is 11.8 Å². The number of piperazine rings is 1. The highest BCUT2D eigenvalue weighted by Gasteiger charge is 2.37. The van der Waals surface area contributed by atoms with Gasteiger partial charge in [0.1, 0.15) is 0 Å². The quantitative estimate of drug-likeness (QED) is 0.701. The van der Waals surface area contributed by atoms with E-state index in [-0.39, 0.29) is 17.7 Å². The van der Waals surface area contributed by atoms with Crippen LogP contribution in [0.5, 0.6) is 0 Å². The van der Waals surface area contributed by atoms with Crippen LogP contribution >= 0.6 is 0 Å². The fourth-order valence-corrected chi connectivity index (χ4v) is 3.89. The largest absolute Gasteiger partial charge is 0.381 e. The molecule has 23 heavy (non-hydrogen) atoms. The number of nitrogens with zero attached hydrogens (tertiary/aromatic N) is 3. The second kappa shape index (κ2) is 7.45. The lowest BCUT2D eigenvalue weighted by Gasteiger charge is -2.41. The monoisotopic (exact) mass is 321 g/mol. The van der Waals surface area contributed by atoms with E-state index in [1.54, 1.807) is 11.0 Å². The second-order valence-corrected chi connectivity index (χ2v) is 6.69. The summed E-state index contributed by atoms with van der Waals surface area (Å²) in [7, 11) is 0. The summed E-state index contributed by atoms with van der Waals surface area (Å²) in [6, 6.07) is 0.608. The number of rotatable bonds is 4. The molecule has 128 valence electrons. The lowest BCUT2D eigenvalue weighted by molar-refractivity contribution is -0.138. The highest BCUT2D eigenvalue weighted by atomic mass is 16.5. The first kappa shape index (κ1) is 16.5. The minimum Gasteiger partial charge on any atom is -0.381 e. The van der Waals surface area contributed by atoms with Crippen LogP contribution in [0, 0.1) is 5.92 Å². The van der Waals surface area contributed by atoms with Gasteiger partial charge in [0, 0.05) is 64.9 Å². The third kappa shape index (κ3) is 3.75. The number of hydrogen-bond acceptors (Lipinski definition) is 4. The molecule has 3 aliphatic rings. The Morgan fingerprint density at radius 1 is 1.22 bits per heavy atom. The zero-order valence-corrected chi connectivity index (χ0v) is 13.8. The zero-order chi connectivity index (χ0) is 16.2. The lowest BCUT2D eigenvalue weighted by Crippen LogP contribution is -2.54. The van der Waals surface area contributed by atoms with Gasteiger partial charge in [-0.05, 0) is 12.8 Å². The van der Waals surface area contributed by atoms with Crippen molar-refractivity contribution in [3.05, 3.63) is 12.7 Å². The van der Waals surface area contributed by atoms with Crippen molar-refractivity contribution in [2.45, 2.75) is 25.3 Å². The molecule has 0 aromatic rings. The summed E-state index contributed by atoms with van der Waals surface area (Å²) in [6.45, 7) is 9.90. The molecular formula is C17H27N3O3. The van der Waals surface area contributed by atoms with E-state index in [9.17, 15) is 9.59 Å². The Labute approximate surface area is 138 Å². The summed E-state index contributed by atoms with van der Waals surface area (Å²) in [6.07, 6.45) is 4.27. The van der Waals surface area contributed by atoms with Gasteiger partial charge in [-0.2, -0.15) is 0 Å². The van der Waals surface area contributed by atoms with Gasteiger partial charge in [0.15, 0.2) is 0 Å². The van der Waals surface area contributed by atoms with E-state index < -0.39 is 0 Å². The van der Waals surface area contributed by atoms with Gasteiger partial charge in [-0.15, -0.1) is 6.58 Å². The summed E-state index contributed by atoms with van der Waals surface area (Å²) < 4.78 is 5.42. The van der Waals surface area contributed by atoms with Gasteiger partial charge in [0.05, 0.1) is 5.92 Å². The van der Waals surface area contributed by atoms with Crippen molar-refractivity contribution in [3.63, 3.8) is 0 Å². The zero-order valence-electron chi connectivity index (χ0n) is 13.8. The van der Waals surface area contributed by atoms with E-state index in [0.29, 0.717) is 25.6 Å². The van der Waals surface area contributed by atoms with E-state index in [1.807, 2.05) is 4.90 Å². The van der Waals surface area contributed by atoms with Gasteiger partial charge in [-0.25, -0.2) is 0 Å². The van der Waals surface area contributed by atoms with Crippen LogP contribution in [0.4, 0.5) is 0 Å². The van der Waals surface area contributed by atoms with Crippen LogP contribution in [-0.4, -0.2) is 85.0 Å². The SMILES string of the molecule is C=CCN1CC(C(=O)N2CCN(C3CCOCC3)CC2)CC1=O. The molecule has 0 saturated carbocycles. The van der Waals surface area contributed by atoms with Gasteiger partial charge < -0.3 is 14.5 Å². The molecule has 0 N–H and O–H groups in total. The molecule has 0 aliphatic carbocycles. The van der Waals surface area contributed by atoms with Crippen molar-refractivity contribution in [1.29, 1.82) is 0 Å². The molecule has 3 saturated heterocycles. The Balaban J connectivity index is 1.48. The molecule has 2 amide bonds. The first-order chi connectivity index (χ1) is 11.2. The number of likely N-dealkylation sites (tertiary alicyclic amines) is 1. The maximum atomic E-state index is 12.7. The summed E-state index contributed by atoms with van der Waals surface area (Å²) >= 11 is 0. The molecule has 1 unspecified atom stereocenters. The van der Waals surface area contributed by atoms with Crippen molar-refractivity contribution in [3.8, 4) is 0 Å². The van der Waals surface area contributed by atoms with Gasteiger partial charge in [0.25, 0.3) is 0 Å². The van der Waals surface area contributed by atoms with Crippen LogP contribution in [0.3, 0.4) is 0 Å². The van der Waals surface area contributed by atoms with Crippen molar-refractivity contribution in [1.82, 2.24) is 14.7 Å². The maximum Gasteiger partial charge on any atom is 0.228 e. The van der Waals surface area contributed by atoms with Gasteiger partial charge in [0.2, 0.25) is 11.8 Å². The van der Waals surface area contributed by atoms with Crippen LogP contribution < -0.4 is 0 Å². The molecule has 3 aliphatic heterocycles. The summed E-state index contributed by atoms with van der Waals surface area (Å²) in [4.78, 5) is 30.7. The Bertz CT molecular complexity index is 454. The van der Waals surface area contributed by atoms with E-state index in [0.717, 1.165) is 52.2 Å². The Hall–Kier alpha value is -1.40. The average Bonchev–Trinajstić information content (AvgIpc) is 2.96. The third-order valence-electron chi connectivity index (χ3n) is 5.25. The van der Waals surface area contributed by atoms with E-state index in [4.69, 9.17) is 4.74 Å². The van der Waals surface area contributed by atoms with Crippen LogP contribution in [0.2, 0.25) is 0 Å². The molecule has 0 spiro atoms. The lowest BCUT2D eigenvalue weighted by atomic mass is 10.0. The number of carbonyl (C=O) groups excluding carboxylic acids is 2. The van der Waals surface area contributed by atoms with Crippen molar-refractivity contribution in [2.24, 2.45) is 5.92 Å². The first-order valence-corrected chi connectivity index (χ1v) is 8.68. The molecular weight excluding hydrogens is 294 g/mol. The Kier molecular flexibility index (Phi) is 5.33. The molecule has 3 heterocycles. The highest BCUT2D eigenvalue weighted by Crippen LogP contribution is 2.22. The summed E-state index contributed by atoms with van der Waals surface area (Å²) in [5.41, 5.74) is 0. The molecule has 0 aromatic heterocycles. The second-order valence-electron chi connectivity index (χ2n) is 6.69. The van der Waals surface area contributed by atoms with E-state index >= 15 is 0 Å². The molecule has 0 bridgehead atoms. The van der Waals surface area contributed by atoms with Gasteiger partial charge in [-0.3, -0.25) is 14.5 Å². The van der Waals surface area contributed by atoms with Crippen LogP contribution in [0.25, 0.3) is 0 Å². The van der Waals surface area contributed by atoms with Crippen molar-refractivity contribution in [2.75, 3.05) is 52.5 Å². The van der Waals surface area contributed by atoms with Crippen LogP contribution in [0.15, 0.2) is 12.7 Å². The van der Waals surface area contributed by atoms with E-state index in [2.05, 4.69) is 11.5 Å². The van der Waals surface area contributed by atoms with Crippen LogP contribution in [-0.2, 0) is 14.3 Å². The molecule has 1 atom stereocenters. The third-order valence-corrected chi connectivity index (χ3v) is 5.25. The number of hydrogen-bond donors (Lipinski definition) is 0. The fraction of sp³-hybridized carbons (Fsp3) is 0.765. The van der Waals surface area contributed by atoms with Crippen LogP contribution in [0.1, 0.15) is 19.3 Å². The smallest absolute Gasteiger partial charge is 0.228 e. The first-order valence-electron chi connectivity index (χ1n) is 8.68. The molecule has 6 nitrogen and oxygen atoms in total. The van der Waals surface area contributed by atoms with Gasteiger partial charge >= 0.3 is 0 Å². The number of ether oxygens (including phenoxy) is 1. The molecule has 6 heteroatoms. The maximum absolute atomic E-state index is 12.7. The van der Waals surface area contributed by atoms with E-state index in [1.165, 1.54) is 0 Å². The average molecular weight is 321 g/mol. The standard InChI is InChI=1S/C17H27N3O3/c1-2-5-20-13-14(12-16(20)21)17(22)19-8-6-18(7-9-19)15-3-10-23-11-4-15/h2,14-15H,1,3-13H2. The topological polar surface area (TPSA) is 53.1 Å². The minimum absolute atomic E-state index is 0.0732. The summed E-state index contributed by atoms with van der Waals surface area (Å²) in [5, 5.41) is 0. The molecule has 0 aromatic carbocycles.